The van der Waals surface area contributed by atoms with Crippen molar-refractivity contribution in [1.29, 1.82) is 0 Å². The summed E-state index contributed by atoms with van der Waals surface area (Å²) < 4.78 is 20.4. The molecule has 9 nitrogen and oxygen atoms in total. The van der Waals surface area contributed by atoms with Crippen molar-refractivity contribution in [1.82, 2.24) is 25.1 Å². The van der Waals surface area contributed by atoms with E-state index in [2.05, 4.69) is 27.1 Å². The lowest BCUT2D eigenvalue weighted by Crippen LogP contribution is -2.62. The van der Waals surface area contributed by atoms with Crippen LogP contribution in [0.2, 0.25) is 0 Å². The van der Waals surface area contributed by atoms with Gasteiger partial charge in [-0.1, -0.05) is 6.92 Å². The molecule has 5 rings (SSSR count). The van der Waals surface area contributed by atoms with Crippen LogP contribution < -0.4 is 15.0 Å². The zero-order valence-electron chi connectivity index (χ0n) is 23.3. The quantitative estimate of drug-likeness (QED) is 0.575. The van der Waals surface area contributed by atoms with Crippen molar-refractivity contribution in [3.63, 3.8) is 0 Å². The van der Waals surface area contributed by atoms with Crippen LogP contribution in [0.1, 0.15) is 57.3 Å². The van der Waals surface area contributed by atoms with Gasteiger partial charge in [-0.15, -0.1) is 0 Å². The summed E-state index contributed by atoms with van der Waals surface area (Å²) in [4.78, 5) is 40.7. The van der Waals surface area contributed by atoms with Crippen LogP contribution in [-0.4, -0.2) is 82.9 Å². The van der Waals surface area contributed by atoms with E-state index in [9.17, 15) is 14.0 Å². The molecule has 3 saturated heterocycles. The molecule has 1 aromatic carbocycles. The van der Waals surface area contributed by atoms with Crippen LogP contribution in [0.25, 0.3) is 0 Å². The third-order valence-electron chi connectivity index (χ3n) is 8.56. The van der Waals surface area contributed by atoms with Gasteiger partial charge in [-0.3, -0.25) is 9.59 Å². The fraction of sp³-hybridized carbons (Fsp3) is 0.586. The molecular formula is C29H39FN6O3. The van der Waals surface area contributed by atoms with Gasteiger partial charge in [-0.25, -0.2) is 14.4 Å². The Balaban J connectivity index is 1.27. The van der Waals surface area contributed by atoms with E-state index in [1.165, 1.54) is 24.5 Å². The third-order valence-corrected chi connectivity index (χ3v) is 8.56. The Morgan fingerprint density at radius 1 is 1.23 bits per heavy atom. The number of likely N-dealkylation sites (tertiary alicyclic amines) is 1. The van der Waals surface area contributed by atoms with Crippen LogP contribution in [0.15, 0.2) is 30.7 Å². The van der Waals surface area contributed by atoms with E-state index in [0.29, 0.717) is 24.0 Å². The van der Waals surface area contributed by atoms with Crippen molar-refractivity contribution in [3.8, 4) is 11.5 Å². The molecule has 3 aliphatic heterocycles. The van der Waals surface area contributed by atoms with Crippen molar-refractivity contribution in [3.05, 3.63) is 42.1 Å². The lowest BCUT2D eigenvalue weighted by Gasteiger charge is -2.54. The highest BCUT2D eigenvalue weighted by Gasteiger charge is 2.47. The standard InChI is InChI=1S/C29H39FN6O3/c1-5-36(19(2)3)27(37)22-14-21(30)6-7-23(22)39-24-15-31-18-33-26(24)35-16-29(17-35)9-12-34(13-10-29)28(38)25-20(4)8-11-32-25/h6-7,14-15,18-20,25,32H,5,8-13,16-17H2,1-4H3/t20-,25-/m0/s1. The number of halogens is 1. The first-order chi connectivity index (χ1) is 18.7. The van der Waals surface area contributed by atoms with E-state index in [-0.39, 0.29) is 40.6 Å². The molecule has 10 heteroatoms. The minimum atomic E-state index is -0.497. The number of hydrogen-bond donors (Lipinski definition) is 1. The summed E-state index contributed by atoms with van der Waals surface area (Å²) in [6, 6.07) is 3.91. The fourth-order valence-electron chi connectivity index (χ4n) is 6.19. The van der Waals surface area contributed by atoms with Gasteiger partial charge in [-0.2, -0.15) is 0 Å². The summed E-state index contributed by atoms with van der Waals surface area (Å²) in [7, 11) is 0. The molecule has 0 bridgehead atoms. The van der Waals surface area contributed by atoms with Gasteiger partial charge in [-0.05, 0) is 70.7 Å². The summed E-state index contributed by atoms with van der Waals surface area (Å²) in [5, 5.41) is 3.36. The topological polar surface area (TPSA) is 90.9 Å². The average Bonchev–Trinajstić information content (AvgIpc) is 3.34. The number of piperidine rings is 1. The van der Waals surface area contributed by atoms with Gasteiger partial charge in [0.2, 0.25) is 5.91 Å². The second kappa shape index (κ2) is 11.1. The number of nitrogens with zero attached hydrogens (tertiary/aromatic N) is 5. The lowest BCUT2D eigenvalue weighted by molar-refractivity contribution is -0.136. The number of ether oxygens (including phenoxy) is 1. The highest BCUT2D eigenvalue weighted by Crippen LogP contribution is 2.45. The number of nitrogens with one attached hydrogen (secondary N) is 1. The number of aromatic nitrogens is 2. The summed E-state index contributed by atoms with van der Waals surface area (Å²) in [6.45, 7) is 12.5. The second-order valence-electron chi connectivity index (χ2n) is 11.5. The number of rotatable bonds is 7. The molecule has 3 aliphatic rings. The van der Waals surface area contributed by atoms with E-state index in [4.69, 9.17) is 4.74 Å². The molecular weight excluding hydrogens is 499 g/mol. The molecule has 1 N–H and O–H groups in total. The Hall–Kier alpha value is -3.27. The molecule has 210 valence electrons. The summed E-state index contributed by atoms with van der Waals surface area (Å²) in [6.07, 6.45) is 6.03. The van der Waals surface area contributed by atoms with Gasteiger partial charge in [0.05, 0.1) is 17.8 Å². The smallest absolute Gasteiger partial charge is 0.257 e. The van der Waals surface area contributed by atoms with Crippen LogP contribution in [0.4, 0.5) is 10.2 Å². The predicted octanol–water partition coefficient (Wildman–Crippen LogP) is 3.71. The second-order valence-corrected chi connectivity index (χ2v) is 11.5. The van der Waals surface area contributed by atoms with Crippen LogP contribution in [-0.2, 0) is 4.79 Å². The Morgan fingerprint density at radius 2 is 1.97 bits per heavy atom. The van der Waals surface area contributed by atoms with Crippen LogP contribution >= 0.6 is 0 Å². The molecule has 39 heavy (non-hydrogen) atoms. The van der Waals surface area contributed by atoms with E-state index >= 15 is 0 Å². The lowest BCUT2D eigenvalue weighted by atomic mass is 9.72. The molecule has 0 aliphatic carbocycles. The summed E-state index contributed by atoms with van der Waals surface area (Å²) in [5.41, 5.74) is 0.312. The van der Waals surface area contributed by atoms with Crippen molar-refractivity contribution in [2.24, 2.45) is 11.3 Å². The molecule has 0 unspecified atom stereocenters. The minimum absolute atomic E-state index is 0.0361. The van der Waals surface area contributed by atoms with Crippen molar-refractivity contribution in [2.75, 3.05) is 44.2 Å². The van der Waals surface area contributed by atoms with Crippen molar-refractivity contribution < 1.29 is 18.7 Å². The van der Waals surface area contributed by atoms with Crippen LogP contribution in [0.5, 0.6) is 11.5 Å². The zero-order chi connectivity index (χ0) is 27.7. The first-order valence-electron chi connectivity index (χ1n) is 14.1. The van der Waals surface area contributed by atoms with Crippen molar-refractivity contribution >= 4 is 17.6 Å². The fourth-order valence-corrected chi connectivity index (χ4v) is 6.19. The predicted molar refractivity (Wildman–Crippen MR) is 146 cm³/mol. The Labute approximate surface area is 229 Å². The van der Waals surface area contributed by atoms with Crippen LogP contribution in [0, 0.1) is 17.2 Å². The Bertz CT molecular complexity index is 1210. The highest BCUT2D eigenvalue weighted by atomic mass is 19.1. The maximum atomic E-state index is 14.2. The molecule has 3 fully saturated rings. The highest BCUT2D eigenvalue weighted by molar-refractivity contribution is 5.97. The van der Waals surface area contributed by atoms with E-state index in [1.54, 1.807) is 11.1 Å². The molecule has 2 aromatic rings. The van der Waals surface area contributed by atoms with Gasteiger partial charge in [0, 0.05) is 44.2 Å². The summed E-state index contributed by atoms with van der Waals surface area (Å²) in [5.74, 6) is 1.19. The molecule has 4 heterocycles. The zero-order valence-corrected chi connectivity index (χ0v) is 23.3. The molecule has 0 saturated carbocycles. The van der Waals surface area contributed by atoms with Gasteiger partial charge in [0.15, 0.2) is 11.6 Å². The number of benzene rings is 1. The molecule has 2 amide bonds. The molecule has 0 radical (unpaired) electrons. The van der Waals surface area contributed by atoms with Gasteiger partial charge in [0.25, 0.3) is 5.91 Å². The minimum Gasteiger partial charge on any atom is -0.451 e. The van der Waals surface area contributed by atoms with Crippen molar-refractivity contribution in [2.45, 2.75) is 59.0 Å². The Kier molecular flexibility index (Phi) is 7.75. The van der Waals surface area contributed by atoms with E-state index in [1.807, 2.05) is 25.7 Å². The first kappa shape index (κ1) is 27.3. The van der Waals surface area contributed by atoms with Gasteiger partial charge >= 0.3 is 0 Å². The molecule has 1 aromatic heterocycles. The van der Waals surface area contributed by atoms with Gasteiger partial charge in [0.1, 0.15) is 17.9 Å². The SMILES string of the molecule is CCN(C(=O)c1cc(F)ccc1Oc1cncnc1N1CC2(CCN(C(=O)[C@H]3NCC[C@@H]3C)CC2)C1)C(C)C. The normalized spacial score (nSPS) is 22.2. The first-order valence-corrected chi connectivity index (χ1v) is 14.1. The monoisotopic (exact) mass is 538 g/mol. The number of carbonyl (C=O) groups is 2. The number of anilines is 1. The molecule has 2 atom stereocenters. The maximum absolute atomic E-state index is 14.2. The average molecular weight is 539 g/mol. The summed E-state index contributed by atoms with van der Waals surface area (Å²) >= 11 is 0. The number of amides is 2. The maximum Gasteiger partial charge on any atom is 0.257 e. The number of carbonyl (C=O) groups excluding carboxylic acids is 2. The molecule has 1 spiro atoms. The largest absolute Gasteiger partial charge is 0.451 e. The van der Waals surface area contributed by atoms with E-state index < -0.39 is 5.82 Å². The third kappa shape index (κ3) is 5.44. The van der Waals surface area contributed by atoms with E-state index in [0.717, 1.165) is 52.0 Å². The number of hydrogen-bond acceptors (Lipinski definition) is 7. The Morgan fingerprint density at radius 3 is 2.62 bits per heavy atom. The van der Waals surface area contributed by atoms with Gasteiger partial charge < -0.3 is 24.8 Å². The van der Waals surface area contributed by atoms with Crippen LogP contribution in [0.3, 0.4) is 0 Å².